The molecule has 0 bridgehead atoms. The Morgan fingerprint density at radius 3 is 2.39 bits per heavy atom. The molecule has 2 rings (SSSR count). The summed E-state index contributed by atoms with van der Waals surface area (Å²) in [5, 5.41) is 19.8. The zero-order valence-electron chi connectivity index (χ0n) is 13.5. The molecule has 23 heavy (non-hydrogen) atoms. The van der Waals surface area contributed by atoms with Gasteiger partial charge in [0.25, 0.3) is 0 Å². The highest BCUT2D eigenvalue weighted by atomic mass is 16.5. The van der Waals surface area contributed by atoms with Gasteiger partial charge in [-0.2, -0.15) is 10.2 Å². The summed E-state index contributed by atoms with van der Waals surface area (Å²) in [5.41, 5.74) is 12.7. The molecule has 7 heteroatoms. The van der Waals surface area contributed by atoms with Gasteiger partial charge in [-0.3, -0.25) is 0 Å². The Kier molecular flexibility index (Phi) is 4.02. The largest absolute Gasteiger partial charge is 0.504 e. The third kappa shape index (κ3) is 2.97. The van der Waals surface area contributed by atoms with Crippen LogP contribution in [-0.2, 0) is 5.41 Å². The van der Waals surface area contributed by atoms with E-state index in [1.54, 1.807) is 12.1 Å². The average Bonchev–Trinajstić information content (AvgIpc) is 2.45. The number of methoxy groups -OCH3 is 1. The first-order chi connectivity index (χ1) is 10.7. The lowest BCUT2D eigenvalue weighted by Crippen LogP contribution is -2.12. The molecule has 0 saturated heterocycles. The summed E-state index contributed by atoms with van der Waals surface area (Å²) in [6.07, 6.45) is 0. The molecule has 0 aliphatic heterocycles. The third-order valence-electron chi connectivity index (χ3n) is 3.48. The van der Waals surface area contributed by atoms with Gasteiger partial charge in [0.1, 0.15) is 17.5 Å². The second-order valence-electron chi connectivity index (χ2n) is 6.13. The molecule has 0 unspecified atom stereocenters. The number of hydrogen-bond acceptors (Lipinski definition) is 7. The van der Waals surface area contributed by atoms with Crippen molar-refractivity contribution < 1.29 is 9.84 Å². The van der Waals surface area contributed by atoms with E-state index in [4.69, 9.17) is 16.2 Å². The number of phenols is 1. The molecule has 5 N–H and O–H groups in total. The highest BCUT2D eigenvalue weighted by molar-refractivity contribution is 5.79. The Morgan fingerprint density at radius 2 is 1.87 bits per heavy atom. The number of rotatable bonds is 2. The molecule has 1 aromatic heterocycles. The van der Waals surface area contributed by atoms with Gasteiger partial charge in [0.15, 0.2) is 11.5 Å². The van der Waals surface area contributed by atoms with Gasteiger partial charge in [-0.15, -0.1) is 0 Å². The van der Waals surface area contributed by atoms with E-state index in [1.807, 2.05) is 26.8 Å². The average molecular weight is 313 g/mol. The van der Waals surface area contributed by atoms with Crippen LogP contribution in [0.2, 0.25) is 0 Å². The molecule has 0 aliphatic rings. The van der Waals surface area contributed by atoms with Gasteiger partial charge in [0.2, 0.25) is 5.95 Å². The van der Waals surface area contributed by atoms with Crippen molar-refractivity contribution in [3.63, 3.8) is 0 Å². The normalized spacial score (nSPS) is 11.1. The van der Waals surface area contributed by atoms with Crippen LogP contribution in [0.5, 0.6) is 11.5 Å². The van der Waals surface area contributed by atoms with Crippen molar-refractivity contribution in [2.45, 2.75) is 26.2 Å². The first kappa shape index (κ1) is 16.4. The summed E-state index contributed by atoms with van der Waals surface area (Å²) < 4.78 is 5.24. The van der Waals surface area contributed by atoms with Crippen molar-refractivity contribution in [1.82, 2.24) is 9.97 Å². The summed E-state index contributed by atoms with van der Waals surface area (Å²) in [6, 6.07) is 5.45. The summed E-state index contributed by atoms with van der Waals surface area (Å²) in [6.45, 7) is 6.07. The van der Waals surface area contributed by atoms with Gasteiger partial charge in [-0.25, -0.2) is 4.98 Å². The summed E-state index contributed by atoms with van der Waals surface area (Å²) >= 11 is 0. The molecular formula is C16H19N5O2. The molecule has 0 radical (unpaired) electrons. The van der Waals surface area contributed by atoms with Crippen LogP contribution < -0.4 is 16.2 Å². The van der Waals surface area contributed by atoms with E-state index >= 15 is 0 Å². The van der Waals surface area contributed by atoms with Crippen molar-refractivity contribution in [2.75, 3.05) is 18.6 Å². The van der Waals surface area contributed by atoms with Crippen LogP contribution in [0.1, 0.15) is 31.9 Å². The van der Waals surface area contributed by atoms with E-state index in [9.17, 15) is 10.4 Å². The van der Waals surface area contributed by atoms with Crippen molar-refractivity contribution >= 4 is 11.8 Å². The van der Waals surface area contributed by atoms with Crippen LogP contribution in [0.4, 0.5) is 11.8 Å². The second-order valence-corrected chi connectivity index (χ2v) is 6.13. The van der Waals surface area contributed by atoms with Crippen molar-refractivity contribution in [3.05, 3.63) is 23.3 Å². The smallest absolute Gasteiger partial charge is 0.222 e. The van der Waals surface area contributed by atoms with Crippen LogP contribution in [0.25, 0.3) is 11.3 Å². The molecule has 1 aromatic carbocycles. The predicted molar refractivity (Wildman–Crippen MR) is 87.9 cm³/mol. The lowest BCUT2D eigenvalue weighted by Gasteiger charge is -2.22. The molecular weight excluding hydrogens is 294 g/mol. The van der Waals surface area contributed by atoms with Crippen LogP contribution in [-0.4, -0.2) is 22.2 Å². The minimum absolute atomic E-state index is 0.0328. The van der Waals surface area contributed by atoms with Gasteiger partial charge in [-0.1, -0.05) is 20.8 Å². The number of aromatic hydroxyl groups is 1. The lowest BCUT2D eigenvalue weighted by atomic mass is 9.85. The number of aromatic nitrogens is 2. The van der Waals surface area contributed by atoms with E-state index < -0.39 is 0 Å². The Hall–Kier alpha value is -3.01. The number of nitrogens with two attached hydrogens (primary N) is 2. The SMILES string of the molecule is COc1cc(C(C)(C)C)cc(-c2nc(N)nc(N)c2C#N)c1O. The molecule has 0 spiro atoms. The molecule has 7 nitrogen and oxygen atoms in total. The van der Waals surface area contributed by atoms with Gasteiger partial charge in [0.05, 0.1) is 12.8 Å². The predicted octanol–water partition coefficient (Wildman–Crippen LogP) is 2.19. The van der Waals surface area contributed by atoms with E-state index in [2.05, 4.69) is 9.97 Å². The van der Waals surface area contributed by atoms with Gasteiger partial charge in [0, 0.05) is 5.56 Å². The fourth-order valence-electron chi connectivity index (χ4n) is 2.18. The number of nitriles is 1. The van der Waals surface area contributed by atoms with Crippen molar-refractivity contribution in [3.8, 4) is 28.8 Å². The zero-order chi connectivity index (χ0) is 17.4. The second kappa shape index (κ2) is 5.65. The number of hydrogen-bond donors (Lipinski definition) is 3. The summed E-state index contributed by atoms with van der Waals surface area (Å²) in [5.74, 6) is 0.0483. The van der Waals surface area contributed by atoms with E-state index in [0.29, 0.717) is 5.56 Å². The highest BCUT2D eigenvalue weighted by Gasteiger charge is 2.23. The maximum atomic E-state index is 10.5. The van der Waals surface area contributed by atoms with Crippen LogP contribution in [0, 0.1) is 11.3 Å². The first-order valence-corrected chi connectivity index (χ1v) is 6.94. The number of phenolic OH excluding ortho intramolecular Hbond substituents is 1. The Labute approximate surface area is 134 Å². The van der Waals surface area contributed by atoms with E-state index in [1.165, 1.54) is 7.11 Å². The third-order valence-corrected chi connectivity index (χ3v) is 3.48. The minimum atomic E-state index is -0.202. The van der Waals surface area contributed by atoms with E-state index in [-0.39, 0.29) is 39.9 Å². The maximum absolute atomic E-state index is 10.5. The molecule has 0 atom stereocenters. The fourth-order valence-corrected chi connectivity index (χ4v) is 2.18. The Bertz CT molecular complexity index is 804. The maximum Gasteiger partial charge on any atom is 0.222 e. The number of benzene rings is 1. The van der Waals surface area contributed by atoms with Crippen molar-refractivity contribution in [1.29, 1.82) is 5.26 Å². The zero-order valence-corrected chi connectivity index (χ0v) is 13.5. The molecule has 1 heterocycles. The molecule has 0 fully saturated rings. The van der Waals surface area contributed by atoms with Crippen LogP contribution in [0.15, 0.2) is 12.1 Å². The number of ether oxygens (including phenoxy) is 1. The molecule has 0 aliphatic carbocycles. The summed E-state index contributed by atoms with van der Waals surface area (Å²) in [7, 11) is 1.46. The van der Waals surface area contributed by atoms with Gasteiger partial charge >= 0.3 is 0 Å². The number of nitrogen functional groups attached to an aromatic ring is 2. The van der Waals surface area contributed by atoms with Crippen molar-refractivity contribution in [2.24, 2.45) is 0 Å². The van der Waals surface area contributed by atoms with Gasteiger partial charge in [-0.05, 0) is 23.1 Å². The Balaban J connectivity index is 2.86. The molecule has 0 saturated carbocycles. The number of nitrogens with zero attached hydrogens (tertiary/aromatic N) is 3. The highest BCUT2D eigenvalue weighted by Crippen LogP contribution is 2.42. The fraction of sp³-hybridized carbons (Fsp3) is 0.312. The Morgan fingerprint density at radius 1 is 1.22 bits per heavy atom. The minimum Gasteiger partial charge on any atom is -0.504 e. The number of anilines is 2. The monoisotopic (exact) mass is 313 g/mol. The van der Waals surface area contributed by atoms with Gasteiger partial charge < -0.3 is 21.3 Å². The molecule has 2 aromatic rings. The van der Waals surface area contributed by atoms with Crippen LogP contribution >= 0.6 is 0 Å². The van der Waals surface area contributed by atoms with Crippen LogP contribution in [0.3, 0.4) is 0 Å². The van der Waals surface area contributed by atoms with E-state index in [0.717, 1.165) is 5.56 Å². The quantitative estimate of drug-likeness (QED) is 0.774. The lowest BCUT2D eigenvalue weighted by molar-refractivity contribution is 0.372. The topological polar surface area (TPSA) is 131 Å². The molecule has 0 amide bonds. The standard InChI is InChI=1S/C16H19N5O2/c1-16(2,3)8-5-9(13(22)11(6-8)23-4)12-10(7-17)14(18)21-15(19)20-12/h5-6,22H,1-4H3,(H4,18,19,20,21). The molecule has 120 valence electrons. The summed E-state index contributed by atoms with van der Waals surface area (Å²) in [4.78, 5) is 7.87. The first-order valence-electron chi connectivity index (χ1n) is 6.94.